The molecular formula is C17H18N4O5. The summed E-state index contributed by atoms with van der Waals surface area (Å²) in [5, 5.41) is 29.5. The second-order valence-corrected chi connectivity index (χ2v) is 6.00. The molecular weight excluding hydrogens is 340 g/mol. The molecule has 0 bridgehead atoms. The molecule has 9 heteroatoms. The van der Waals surface area contributed by atoms with Crippen molar-refractivity contribution in [2.24, 2.45) is 0 Å². The molecule has 1 aliphatic rings. The highest BCUT2D eigenvalue weighted by molar-refractivity contribution is 5.87. The summed E-state index contributed by atoms with van der Waals surface area (Å²) in [6.45, 7) is -0.395. The van der Waals surface area contributed by atoms with Gasteiger partial charge < -0.3 is 24.8 Å². The molecule has 0 spiro atoms. The van der Waals surface area contributed by atoms with Crippen molar-refractivity contribution in [3.8, 4) is 17.0 Å². The summed E-state index contributed by atoms with van der Waals surface area (Å²) in [6.07, 6.45) is -1.27. The van der Waals surface area contributed by atoms with Crippen molar-refractivity contribution in [2.75, 3.05) is 13.7 Å². The Bertz CT molecular complexity index is 913. The summed E-state index contributed by atoms with van der Waals surface area (Å²) < 4.78 is 12.3. The zero-order chi connectivity index (χ0) is 18.3. The van der Waals surface area contributed by atoms with Gasteiger partial charge in [0.2, 0.25) is 0 Å². The molecule has 26 heavy (non-hydrogen) atoms. The van der Waals surface area contributed by atoms with Gasteiger partial charge in [0.15, 0.2) is 11.9 Å². The summed E-state index contributed by atoms with van der Waals surface area (Å²) in [5.74, 6) is 0.732. The van der Waals surface area contributed by atoms with Gasteiger partial charge in [-0.3, -0.25) is 4.57 Å². The first kappa shape index (κ1) is 16.9. The molecule has 4 atom stereocenters. The zero-order valence-electron chi connectivity index (χ0n) is 13.9. The van der Waals surface area contributed by atoms with Crippen LogP contribution in [0, 0.1) is 0 Å². The van der Waals surface area contributed by atoms with E-state index in [-0.39, 0.29) is 0 Å². The third kappa shape index (κ3) is 2.61. The zero-order valence-corrected chi connectivity index (χ0v) is 13.9. The van der Waals surface area contributed by atoms with Crippen molar-refractivity contribution in [1.29, 1.82) is 0 Å². The number of nitrogens with zero attached hydrogens (tertiary/aromatic N) is 4. The number of aliphatic hydroxyl groups excluding tert-OH is 3. The van der Waals surface area contributed by atoms with E-state index < -0.39 is 31.1 Å². The third-order valence-electron chi connectivity index (χ3n) is 4.51. The molecule has 0 unspecified atom stereocenters. The second-order valence-electron chi connectivity index (χ2n) is 6.00. The third-order valence-corrected chi connectivity index (χ3v) is 4.51. The first-order valence-electron chi connectivity index (χ1n) is 8.08. The Kier molecular flexibility index (Phi) is 4.29. The fourth-order valence-corrected chi connectivity index (χ4v) is 3.11. The van der Waals surface area contributed by atoms with Gasteiger partial charge in [0.1, 0.15) is 41.6 Å². The number of ether oxygens (including phenoxy) is 2. The summed E-state index contributed by atoms with van der Waals surface area (Å²) in [6, 6.07) is 7.39. The molecule has 0 saturated carbocycles. The number of fused-ring (bicyclic) bond motifs is 1. The van der Waals surface area contributed by atoms with E-state index in [1.165, 1.54) is 17.2 Å². The smallest absolute Gasteiger partial charge is 0.166 e. The van der Waals surface area contributed by atoms with Crippen molar-refractivity contribution in [2.45, 2.75) is 24.5 Å². The number of rotatable bonds is 4. The Hall–Kier alpha value is -2.59. The summed E-state index contributed by atoms with van der Waals surface area (Å²) in [4.78, 5) is 12.9. The fourth-order valence-electron chi connectivity index (χ4n) is 3.11. The Morgan fingerprint density at radius 3 is 2.54 bits per heavy atom. The average molecular weight is 358 g/mol. The molecule has 3 aromatic rings. The van der Waals surface area contributed by atoms with Crippen LogP contribution in [-0.2, 0) is 4.74 Å². The van der Waals surface area contributed by atoms with Crippen LogP contribution in [-0.4, -0.2) is 66.9 Å². The predicted octanol–water partition coefficient (Wildman–Crippen LogP) is 0.113. The van der Waals surface area contributed by atoms with Gasteiger partial charge >= 0.3 is 0 Å². The molecule has 1 aliphatic heterocycles. The monoisotopic (exact) mass is 358 g/mol. The number of hydrogen-bond donors (Lipinski definition) is 3. The van der Waals surface area contributed by atoms with Crippen LogP contribution in [0.4, 0.5) is 0 Å². The fraction of sp³-hybridized carbons (Fsp3) is 0.353. The van der Waals surface area contributed by atoms with Crippen LogP contribution in [0.5, 0.6) is 5.75 Å². The number of benzene rings is 1. The van der Waals surface area contributed by atoms with Gasteiger partial charge in [0.25, 0.3) is 0 Å². The molecule has 1 saturated heterocycles. The lowest BCUT2D eigenvalue weighted by Gasteiger charge is -2.16. The molecule has 0 radical (unpaired) electrons. The van der Waals surface area contributed by atoms with Gasteiger partial charge in [0, 0.05) is 5.56 Å². The number of hydrogen-bond acceptors (Lipinski definition) is 8. The van der Waals surface area contributed by atoms with Crippen molar-refractivity contribution in [3.63, 3.8) is 0 Å². The molecule has 0 amide bonds. The van der Waals surface area contributed by atoms with Gasteiger partial charge in [-0.25, -0.2) is 15.0 Å². The van der Waals surface area contributed by atoms with Gasteiger partial charge in [-0.1, -0.05) is 0 Å². The quantitative estimate of drug-likeness (QED) is 0.601. The molecule has 0 aliphatic carbocycles. The Morgan fingerprint density at radius 2 is 1.88 bits per heavy atom. The average Bonchev–Trinajstić information content (AvgIpc) is 3.23. The lowest BCUT2D eigenvalue weighted by Crippen LogP contribution is -2.33. The molecule has 4 rings (SSSR count). The minimum absolute atomic E-state index is 0.395. The van der Waals surface area contributed by atoms with Crippen LogP contribution in [0.15, 0.2) is 36.9 Å². The second kappa shape index (κ2) is 6.61. The lowest BCUT2D eigenvalue weighted by atomic mass is 10.1. The van der Waals surface area contributed by atoms with Crippen molar-refractivity contribution >= 4 is 11.2 Å². The minimum atomic E-state index is -1.20. The Morgan fingerprint density at radius 1 is 1.12 bits per heavy atom. The molecule has 3 N–H and O–H groups in total. The van der Waals surface area contributed by atoms with Crippen LogP contribution in [0.2, 0.25) is 0 Å². The topological polar surface area (TPSA) is 123 Å². The van der Waals surface area contributed by atoms with E-state index in [0.29, 0.717) is 16.9 Å². The molecule has 2 aromatic heterocycles. The summed E-state index contributed by atoms with van der Waals surface area (Å²) in [5.41, 5.74) is 2.46. The highest BCUT2D eigenvalue weighted by Crippen LogP contribution is 2.33. The lowest BCUT2D eigenvalue weighted by molar-refractivity contribution is -0.0511. The number of aromatic nitrogens is 4. The predicted molar refractivity (Wildman–Crippen MR) is 90.3 cm³/mol. The summed E-state index contributed by atoms with van der Waals surface area (Å²) in [7, 11) is 1.60. The van der Waals surface area contributed by atoms with Crippen LogP contribution in [0.25, 0.3) is 22.4 Å². The molecule has 136 valence electrons. The number of methoxy groups -OCH3 is 1. The maximum atomic E-state index is 10.2. The maximum Gasteiger partial charge on any atom is 0.166 e. The number of aliphatic hydroxyl groups is 3. The van der Waals surface area contributed by atoms with Gasteiger partial charge in [-0.15, -0.1) is 0 Å². The Labute approximate surface area is 148 Å². The minimum Gasteiger partial charge on any atom is -0.497 e. The van der Waals surface area contributed by atoms with E-state index >= 15 is 0 Å². The summed E-state index contributed by atoms with van der Waals surface area (Å²) >= 11 is 0. The van der Waals surface area contributed by atoms with Crippen molar-refractivity contribution in [3.05, 3.63) is 36.9 Å². The van der Waals surface area contributed by atoms with Gasteiger partial charge in [-0.05, 0) is 24.3 Å². The van der Waals surface area contributed by atoms with Crippen LogP contribution in [0.3, 0.4) is 0 Å². The normalized spacial score (nSPS) is 25.7. The van der Waals surface area contributed by atoms with Crippen LogP contribution >= 0.6 is 0 Å². The standard InChI is InChI=1S/C17H18N4O5/c1-25-10-4-2-9(3-5-10)12-13-16(19-7-18-12)21(8-20-13)17-15(24)14(23)11(6-22)26-17/h2-5,7-8,11,14-15,17,22-24H,6H2,1H3/t11-,14-,15-,17-/m1/s1. The molecule has 1 aromatic carbocycles. The molecule has 1 fully saturated rings. The largest absolute Gasteiger partial charge is 0.497 e. The SMILES string of the molecule is COc1ccc(-c2ncnc3c2ncn3[C@@H]2O[C@H](CO)[C@@H](O)[C@H]2O)cc1. The van der Waals surface area contributed by atoms with Gasteiger partial charge in [0.05, 0.1) is 20.0 Å². The van der Waals surface area contributed by atoms with Crippen LogP contribution in [0.1, 0.15) is 6.23 Å². The van der Waals surface area contributed by atoms with Crippen molar-refractivity contribution in [1.82, 2.24) is 19.5 Å². The van der Waals surface area contributed by atoms with Gasteiger partial charge in [-0.2, -0.15) is 0 Å². The highest BCUT2D eigenvalue weighted by Gasteiger charge is 2.44. The van der Waals surface area contributed by atoms with E-state index in [4.69, 9.17) is 9.47 Å². The van der Waals surface area contributed by atoms with Crippen LogP contribution < -0.4 is 4.74 Å². The molecule has 9 nitrogen and oxygen atoms in total. The number of imidazole rings is 1. The van der Waals surface area contributed by atoms with E-state index in [0.717, 1.165) is 11.3 Å². The van der Waals surface area contributed by atoms with E-state index in [2.05, 4.69) is 15.0 Å². The van der Waals surface area contributed by atoms with E-state index in [9.17, 15) is 15.3 Å². The van der Waals surface area contributed by atoms with E-state index in [1.807, 2.05) is 24.3 Å². The van der Waals surface area contributed by atoms with Crippen molar-refractivity contribution < 1.29 is 24.8 Å². The highest BCUT2D eigenvalue weighted by atomic mass is 16.6. The molecule has 3 heterocycles. The first-order chi connectivity index (χ1) is 12.6. The Balaban J connectivity index is 1.76. The first-order valence-corrected chi connectivity index (χ1v) is 8.08. The van der Waals surface area contributed by atoms with E-state index in [1.54, 1.807) is 7.11 Å². The maximum absolute atomic E-state index is 10.2.